The minimum Gasteiger partial charge on any atom is -0.391 e. The summed E-state index contributed by atoms with van der Waals surface area (Å²) in [4.78, 5) is 0.607. The number of hydrogen-bond acceptors (Lipinski definition) is 4. The van der Waals surface area contributed by atoms with E-state index in [-0.39, 0.29) is 17.2 Å². The molecule has 7 heteroatoms. The first kappa shape index (κ1) is 13.0. The Hall–Kier alpha value is -1.44. The average molecular weight is 287 g/mol. The number of aliphatic hydroxyl groups excluding tert-OH is 1. The quantitative estimate of drug-likeness (QED) is 0.905. The van der Waals surface area contributed by atoms with Crippen LogP contribution in [0.25, 0.3) is 0 Å². The second-order valence-corrected chi connectivity index (χ2v) is 6.20. The summed E-state index contributed by atoms with van der Waals surface area (Å²) in [6.45, 7) is -0.208. The van der Waals surface area contributed by atoms with Gasteiger partial charge in [-0.3, -0.25) is 4.72 Å². The van der Waals surface area contributed by atoms with E-state index in [9.17, 15) is 12.8 Å². The number of rotatable bonds is 4. The van der Waals surface area contributed by atoms with Crippen LogP contribution in [0.1, 0.15) is 4.88 Å². The van der Waals surface area contributed by atoms with Gasteiger partial charge in [0.05, 0.1) is 17.2 Å². The molecular formula is C11H10FNO3S2. The van der Waals surface area contributed by atoms with Gasteiger partial charge in [-0.05, 0) is 24.3 Å². The molecule has 2 aromatic rings. The number of benzene rings is 1. The lowest BCUT2D eigenvalue weighted by atomic mass is 10.3. The number of hydrogen-bond donors (Lipinski definition) is 2. The van der Waals surface area contributed by atoms with Gasteiger partial charge in [0.15, 0.2) is 0 Å². The van der Waals surface area contributed by atoms with E-state index in [1.54, 1.807) is 0 Å². The predicted octanol–water partition coefficient (Wildman–Crippen LogP) is 2.18. The summed E-state index contributed by atoms with van der Waals surface area (Å²) in [7, 11) is -3.74. The number of anilines is 1. The summed E-state index contributed by atoms with van der Waals surface area (Å²) in [5.74, 6) is -0.517. The third-order valence-electron chi connectivity index (χ3n) is 2.17. The van der Waals surface area contributed by atoms with E-state index in [0.717, 1.165) is 17.4 Å². The molecule has 2 N–H and O–H groups in total. The fraction of sp³-hybridized carbons (Fsp3) is 0.0909. The van der Waals surface area contributed by atoms with E-state index in [1.807, 2.05) is 0 Å². The monoisotopic (exact) mass is 287 g/mol. The van der Waals surface area contributed by atoms with Crippen LogP contribution in [0.3, 0.4) is 0 Å². The first-order chi connectivity index (χ1) is 8.51. The summed E-state index contributed by atoms with van der Waals surface area (Å²) in [6, 6.07) is 6.58. The highest BCUT2D eigenvalue weighted by Gasteiger charge is 2.16. The highest BCUT2D eigenvalue weighted by Crippen LogP contribution is 2.22. The topological polar surface area (TPSA) is 66.4 Å². The molecule has 0 unspecified atom stereocenters. The highest BCUT2D eigenvalue weighted by molar-refractivity contribution is 7.92. The second kappa shape index (κ2) is 5.05. The lowest BCUT2D eigenvalue weighted by Crippen LogP contribution is -2.12. The maximum absolute atomic E-state index is 12.9. The van der Waals surface area contributed by atoms with Gasteiger partial charge in [0.1, 0.15) is 5.82 Å². The lowest BCUT2D eigenvalue weighted by Gasteiger charge is -2.06. The Morgan fingerprint density at radius 1 is 1.33 bits per heavy atom. The van der Waals surface area contributed by atoms with Gasteiger partial charge in [-0.2, -0.15) is 0 Å². The average Bonchev–Trinajstić information content (AvgIpc) is 2.77. The summed E-state index contributed by atoms with van der Waals surface area (Å²) >= 11 is 1.15. The van der Waals surface area contributed by atoms with Crippen molar-refractivity contribution in [1.29, 1.82) is 0 Å². The van der Waals surface area contributed by atoms with Gasteiger partial charge in [0.2, 0.25) is 0 Å². The minimum atomic E-state index is -3.74. The third kappa shape index (κ3) is 2.87. The van der Waals surface area contributed by atoms with Gasteiger partial charge < -0.3 is 5.11 Å². The highest BCUT2D eigenvalue weighted by atomic mass is 32.2. The molecule has 1 heterocycles. The largest absolute Gasteiger partial charge is 0.391 e. The van der Waals surface area contributed by atoms with Crippen molar-refractivity contribution >= 4 is 27.0 Å². The molecule has 0 saturated heterocycles. The van der Waals surface area contributed by atoms with E-state index in [4.69, 9.17) is 5.11 Å². The fourth-order valence-corrected chi connectivity index (χ4v) is 3.53. The Morgan fingerprint density at radius 3 is 2.72 bits per heavy atom. The molecule has 96 valence electrons. The van der Waals surface area contributed by atoms with E-state index >= 15 is 0 Å². The molecule has 0 amide bonds. The molecule has 0 aliphatic heterocycles. The van der Waals surface area contributed by atoms with Crippen LogP contribution in [0.15, 0.2) is 40.6 Å². The zero-order chi connectivity index (χ0) is 13.2. The van der Waals surface area contributed by atoms with Crippen LogP contribution < -0.4 is 4.72 Å². The number of thiophene rings is 1. The van der Waals surface area contributed by atoms with Crippen LogP contribution >= 0.6 is 11.3 Å². The Morgan fingerprint density at radius 2 is 2.11 bits per heavy atom. The molecule has 0 aliphatic carbocycles. The van der Waals surface area contributed by atoms with E-state index in [0.29, 0.717) is 4.88 Å². The summed E-state index contributed by atoms with van der Waals surface area (Å²) in [5.41, 5.74) is 0.159. The molecule has 18 heavy (non-hydrogen) atoms. The van der Waals surface area contributed by atoms with Gasteiger partial charge in [-0.1, -0.05) is 6.07 Å². The predicted molar refractivity (Wildman–Crippen MR) is 67.5 cm³/mol. The minimum absolute atomic E-state index is 0.0563. The van der Waals surface area contributed by atoms with Crippen LogP contribution in [0, 0.1) is 5.82 Å². The summed E-state index contributed by atoms with van der Waals surface area (Å²) in [5, 5.41) is 10.3. The van der Waals surface area contributed by atoms with Crippen LogP contribution in [-0.2, 0) is 16.6 Å². The van der Waals surface area contributed by atoms with Crippen LogP contribution in [-0.4, -0.2) is 13.5 Å². The first-order valence-electron chi connectivity index (χ1n) is 4.98. The molecule has 0 radical (unpaired) electrons. The van der Waals surface area contributed by atoms with Crippen LogP contribution in [0.4, 0.5) is 10.1 Å². The molecule has 0 bridgehead atoms. The SMILES string of the molecule is O=S(=O)(Nc1cccc(F)c1)c1csc(CO)c1. The van der Waals surface area contributed by atoms with Gasteiger partial charge in [-0.15, -0.1) is 11.3 Å². The molecular weight excluding hydrogens is 277 g/mol. The normalized spacial score (nSPS) is 11.4. The van der Waals surface area contributed by atoms with Crippen molar-refractivity contribution < 1.29 is 17.9 Å². The van der Waals surface area contributed by atoms with Crippen molar-refractivity contribution in [2.75, 3.05) is 4.72 Å². The van der Waals surface area contributed by atoms with E-state index in [1.165, 1.54) is 29.6 Å². The Bertz CT molecular complexity index is 652. The molecule has 4 nitrogen and oxygen atoms in total. The maximum atomic E-state index is 12.9. The maximum Gasteiger partial charge on any atom is 0.262 e. The van der Waals surface area contributed by atoms with Crippen molar-refractivity contribution in [1.82, 2.24) is 0 Å². The molecule has 2 rings (SSSR count). The first-order valence-corrected chi connectivity index (χ1v) is 7.34. The summed E-state index contributed by atoms with van der Waals surface area (Å²) in [6.07, 6.45) is 0. The zero-order valence-corrected chi connectivity index (χ0v) is 10.8. The van der Waals surface area contributed by atoms with Crippen molar-refractivity contribution in [2.45, 2.75) is 11.5 Å². The van der Waals surface area contributed by atoms with Gasteiger partial charge in [-0.25, -0.2) is 12.8 Å². The molecule has 0 spiro atoms. The molecule has 0 aliphatic rings. The van der Waals surface area contributed by atoms with Crippen molar-refractivity contribution in [2.24, 2.45) is 0 Å². The molecule has 1 aromatic heterocycles. The molecule has 0 saturated carbocycles. The van der Waals surface area contributed by atoms with E-state index in [2.05, 4.69) is 4.72 Å². The van der Waals surface area contributed by atoms with Crippen molar-refractivity contribution in [3.63, 3.8) is 0 Å². The van der Waals surface area contributed by atoms with Crippen molar-refractivity contribution in [3.8, 4) is 0 Å². The summed E-state index contributed by atoms with van der Waals surface area (Å²) < 4.78 is 39.1. The standard InChI is InChI=1S/C11H10FNO3S2/c12-8-2-1-3-9(4-8)13-18(15,16)11-5-10(6-14)17-7-11/h1-5,7,13-14H,6H2. The van der Waals surface area contributed by atoms with Crippen LogP contribution in [0.5, 0.6) is 0 Å². The Labute approximate surface area is 108 Å². The molecule has 0 atom stereocenters. The van der Waals surface area contributed by atoms with Gasteiger partial charge in [0, 0.05) is 10.3 Å². The third-order valence-corrected chi connectivity index (χ3v) is 4.60. The zero-order valence-electron chi connectivity index (χ0n) is 9.13. The lowest BCUT2D eigenvalue weighted by molar-refractivity contribution is 0.285. The Kier molecular flexibility index (Phi) is 3.65. The Balaban J connectivity index is 2.27. The van der Waals surface area contributed by atoms with Crippen LogP contribution in [0.2, 0.25) is 0 Å². The molecule has 0 fully saturated rings. The number of halogens is 1. The fourth-order valence-electron chi connectivity index (χ4n) is 1.35. The number of aliphatic hydroxyl groups is 1. The smallest absolute Gasteiger partial charge is 0.262 e. The second-order valence-electron chi connectivity index (χ2n) is 3.52. The van der Waals surface area contributed by atoms with Gasteiger partial charge in [0.25, 0.3) is 10.0 Å². The molecule has 1 aromatic carbocycles. The number of sulfonamides is 1. The number of nitrogens with one attached hydrogen (secondary N) is 1. The van der Waals surface area contributed by atoms with Crippen molar-refractivity contribution in [3.05, 3.63) is 46.4 Å². The van der Waals surface area contributed by atoms with E-state index < -0.39 is 15.8 Å². The van der Waals surface area contributed by atoms with Gasteiger partial charge >= 0.3 is 0 Å².